The highest BCUT2D eigenvalue weighted by Gasteiger charge is 2.13. The average molecular weight is 433 g/mol. The van der Waals surface area contributed by atoms with Gasteiger partial charge in [0.1, 0.15) is 11.4 Å². The van der Waals surface area contributed by atoms with Crippen LogP contribution in [-0.4, -0.2) is 42.1 Å². The van der Waals surface area contributed by atoms with Crippen LogP contribution in [0.3, 0.4) is 0 Å². The zero-order valence-electron chi connectivity index (χ0n) is 16.8. The molecule has 4 aromatic rings. The average Bonchev–Trinajstić information content (AvgIpc) is 3.09. The van der Waals surface area contributed by atoms with Gasteiger partial charge in [0.2, 0.25) is 0 Å². The van der Waals surface area contributed by atoms with Gasteiger partial charge in [-0.05, 0) is 58.3 Å². The molecule has 0 atom stereocenters. The summed E-state index contributed by atoms with van der Waals surface area (Å²) in [6.45, 7) is 3.98. The minimum absolute atomic E-state index is 0. The van der Waals surface area contributed by atoms with Gasteiger partial charge in [-0.1, -0.05) is 29.8 Å². The number of hydrogen-bond acceptors (Lipinski definition) is 5. The maximum atomic E-state index is 5.98. The number of nitrogens with zero attached hydrogens (tertiary/aromatic N) is 3. The summed E-state index contributed by atoms with van der Waals surface area (Å²) in [5.41, 5.74) is 2.96. The molecule has 0 aliphatic carbocycles. The van der Waals surface area contributed by atoms with E-state index in [1.165, 1.54) is 5.56 Å². The molecule has 5 nitrogen and oxygen atoms in total. The number of benzene rings is 2. The molecule has 2 heterocycles. The van der Waals surface area contributed by atoms with Crippen LogP contribution in [0.5, 0.6) is 0 Å². The van der Waals surface area contributed by atoms with Gasteiger partial charge in [-0.25, -0.2) is 9.97 Å². The number of halogens is 2. The standard InChI is InChI=1S/C22H24N4O.2ClH/c1-15-9-10-18-17(13-15)21(23-11-6-12-26(2)3)25-22(24-18)20-14-16-7-4-5-8-19(16)27-20;;/h4-5,7-10,13-14H,6,11-12H2,1-3H3,(H,23,24,25);2*1H. The Morgan fingerprint density at radius 1 is 1.00 bits per heavy atom. The van der Waals surface area contributed by atoms with Crippen molar-refractivity contribution in [3.8, 4) is 11.6 Å². The summed E-state index contributed by atoms with van der Waals surface area (Å²) in [7, 11) is 4.17. The molecular weight excluding hydrogens is 407 g/mol. The Hall–Kier alpha value is -2.34. The van der Waals surface area contributed by atoms with Crippen molar-refractivity contribution in [1.29, 1.82) is 0 Å². The predicted molar refractivity (Wildman–Crippen MR) is 126 cm³/mol. The van der Waals surface area contributed by atoms with E-state index in [0.29, 0.717) is 11.6 Å². The normalized spacial score (nSPS) is 10.8. The molecule has 0 spiro atoms. The highest BCUT2D eigenvalue weighted by Crippen LogP contribution is 2.29. The van der Waals surface area contributed by atoms with Gasteiger partial charge in [0.25, 0.3) is 0 Å². The molecule has 0 saturated carbocycles. The first-order chi connectivity index (χ1) is 13.1. The fourth-order valence-corrected chi connectivity index (χ4v) is 3.18. The number of fused-ring (bicyclic) bond motifs is 2. The second-order valence-electron chi connectivity index (χ2n) is 7.15. The summed E-state index contributed by atoms with van der Waals surface area (Å²) < 4.78 is 5.98. The van der Waals surface area contributed by atoms with Crippen LogP contribution in [0.25, 0.3) is 33.5 Å². The molecule has 0 bridgehead atoms. The Balaban J connectivity index is 0.00000150. The molecule has 4 rings (SSSR count). The van der Waals surface area contributed by atoms with Gasteiger partial charge in [-0.2, -0.15) is 0 Å². The fourth-order valence-electron chi connectivity index (χ4n) is 3.18. The molecule has 0 saturated heterocycles. The molecule has 154 valence electrons. The van der Waals surface area contributed by atoms with E-state index in [0.717, 1.165) is 47.2 Å². The molecule has 0 radical (unpaired) electrons. The minimum atomic E-state index is 0. The zero-order chi connectivity index (χ0) is 18.8. The van der Waals surface area contributed by atoms with Gasteiger partial charge in [0.15, 0.2) is 11.6 Å². The Morgan fingerprint density at radius 2 is 1.79 bits per heavy atom. The molecule has 2 aromatic heterocycles. The summed E-state index contributed by atoms with van der Waals surface area (Å²) >= 11 is 0. The highest BCUT2D eigenvalue weighted by atomic mass is 35.5. The van der Waals surface area contributed by atoms with Crippen molar-refractivity contribution in [2.24, 2.45) is 0 Å². The molecule has 2 aromatic carbocycles. The predicted octanol–water partition coefficient (Wildman–Crippen LogP) is 5.56. The van der Waals surface area contributed by atoms with Gasteiger partial charge in [-0.3, -0.25) is 0 Å². The van der Waals surface area contributed by atoms with Crippen LogP contribution in [-0.2, 0) is 0 Å². The van der Waals surface area contributed by atoms with Crippen molar-refractivity contribution in [2.45, 2.75) is 13.3 Å². The van der Waals surface area contributed by atoms with Gasteiger partial charge >= 0.3 is 0 Å². The van der Waals surface area contributed by atoms with Crippen LogP contribution in [0, 0.1) is 6.92 Å². The van der Waals surface area contributed by atoms with E-state index in [2.05, 4.69) is 43.4 Å². The highest BCUT2D eigenvalue weighted by molar-refractivity contribution is 5.91. The van der Waals surface area contributed by atoms with Crippen LogP contribution in [0.4, 0.5) is 5.82 Å². The molecule has 29 heavy (non-hydrogen) atoms. The van der Waals surface area contributed by atoms with Crippen molar-refractivity contribution in [3.63, 3.8) is 0 Å². The number of nitrogens with one attached hydrogen (secondary N) is 1. The third kappa shape index (κ3) is 5.18. The van der Waals surface area contributed by atoms with E-state index in [4.69, 9.17) is 14.4 Å². The first-order valence-corrected chi connectivity index (χ1v) is 9.26. The number of aromatic nitrogens is 2. The van der Waals surface area contributed by atoms with Crippen molar-refractivity contribution in [1.82, 2.24) is 14.9 Å². The molecular formula is C22H26Cl2N4O. The van der Waals surface area contributed by atoms with Crippen LogP contribution in [0.15, 0.2) is 52.9 Å². The maximum absolute atomic E-state index is 5.98. The third-order valence-electron chi connectivity index (χ3n) is 4.57. The van der Waals surface area contributed by atoms with Gasteiger partial charge < -0.3 is 14.6 Å². The summed E-state index contributed by atoms with van der Waals surface area (Å²) in [4.78, 5) is 11.7. The number of rotatable bonds is 6. The van der Waals surface area contributed by atoms with Crippen molar-refractivity contribution >= 4 is 52.5 Å². The monoisotopic (exact) mass is 432 g/mol. The van der Waals surface area contributed by atoms with Crippen LogP contribution >= 0.6 is 24.8 Å². The first kappa shape index (κ1) is 22.9. The number of aryl methyl sites for hydroxylation is 1. The Kier molecular flexibility index (Phi) is 7.85. The second kappa shape index (κ2) is 9.92. The Morgan fingerprint density at radius 3 is 2.55 bits per heavy atom. The molecule has 0 unspecified atom stereocenters. The van der Waals surface area contributed by atoms with Crippen LogP contribution in [0.1, 0.15) is 12.0 Å². The fraction of sp³-hybridized carbons (Fsp3) is 0.273. The number of anilines is 1. The van der Waals surface area contributed by atoms with Crippen molar-refractivity contribution in [3.05, 3.63) is 54.1 Å². The summed E-state index contributed by atoms with van der Waals surface area (Å²) in [5.74, 6) is 2.16. The lowest BCUT2D eigenvalue weighted by molar-refractivity contribution is 0.405. The Labute approximate surface area is 183 Å². The SMILES string of the molecule is Cc1ccc2nc(-c3cc4ccccc4o3)nc(NCCCN(C)C)c2c1.Cl.Cl. The third-order valence-corrected chi connectivity index (χ3v) is 4.57. The lowest BCUT2D eigenvalue weighted by atomic mass is 10.1. The van der Waals surface area contributed by atoms with E-state index >= 15 is 0 Å². The van der Waals surface area contributed by atoms with E-state index in [1.54, 1.807) is 0 Å². The lowest BCUT2D eigenvalue weighted by Crippen LogP contribution is -2.16. The van der Waals surface area contributed by atoms with E-state index in [-0.39, 0.29) is 24.8 Å². The number of para-hydroxylation sites is 1. The topological polar surface area (TPSA) is 54.2 Å². The van der Waals surface area contributed by atoms with Gasteiger partial charge in [-0.15, -0.1) is 24.8 Å². The summed E-state index contributed by atoms with van der Waals surface area (Å²) in [6, 6.07) is 16.2. The lowest BCUT2D eigenvalue weighted by Gasteiger charge is -2.12. The first-order valence-electron chi connectivity index (χ1n) is 9.26. The van der Waals surface area contributed by atoms with E-state index in [9.17, 15) is 0 Å². The van der Waals surface area contributed by atoms with E-state index < -0.39 is 0 Å². The number of hydrogen-bond donors (Lipinski definition) is 1. The zero-order valence-corrected chi connectivity index (χ0v) is 18.4. The van der Waals surface area contributed by atoms with Gasteiger partial charge in [0.05, 0.1) is 5.52 Å². The van der Waals surface area contributed by atoms with Crippen molar-refractivity contribution < 1.29 is 4.42 Å². The molecule has 1 N–H and O–H groups in total. The number of furan rings is 1. The molecule has 0 aliphatic rings. The molecule has 0 amide bonds. The second-order valence-corrected chi connectivity index (χ2v) is 7.15. The molecule has 0 fully saturated rings. The molecule has 7 heteroatoms. The minimum Gasteiger partial charge on any atom is -0.453 e. The van der Waals surface area contributed by atoms with E-state index in [1.807, 2.05) is 36.4 Å². The van der Waals surface area contributed by atoms with Crippen LogP contribution in [0.2, 0.25) is 0 Å². The van der Waals surface area contributed by atoms with Crippen molar-refractivity contribution in [2.75, 3.05) is 32.5 Å². The maximum Gasteiger partial charge on any atom is 0.198 e. The smallest absolute Gasteiger partial charge is 0.198 e. The quantitative estimate of drug-likeness (QED) is 0.404. The largest absolute Gasteiger partial charge is 0.453 e. The van der Waals surface area contributed by atoms with Gasteiger partial charge in [0, 0.05) is 17.3 Å². The summed E-state index contributed by atoms with van der Waals surface area (Å²) in [6.07, 6.45) is 1.05. The molecule has 0 aliphatic heterocycles. The summed E-state index contributed by atoms with van der Waals surface area (Å²) in [5, 5.41) is 5.59. The van der Waals surface area contributed by atoms with Crippen LogP contribution < -0.4 is 5.32 Å². The Bertz CT molecular complexity index is 1060.